The first-order valence-corrected chi connectivity index (χ1v) is 13.3. The number of benzene rings is 1. The molecular weight excluding hydrogens is 428 g/mol. The molecule has 0 radical (unpaired) electrons. The van der Waals surface area contributed by atoms with E-state index in [1.807, 2.05) is 11.1 Å². The number of hydrazone groups is 1. The van der Waals surface area contributed by atoms with Gasteiger partial charge in [0.15, 0.2) is 0 Å². The van der Waals surface area contributed by atoms with E-state index in [9.17, 15) is 9.90 Å². The number of anilines is 2. The highest BCUT2D eigenvalue weighted by atomic mass is 16.5. The van der Waals surface area contributed by atoms with Crippen LogP contribution < -0.4 is 9.91 Å². The van der Waals surface area contributed by atoms with E-state index in [0.29, 0.717) is 43.7 Å². The van der Waals surface area contributed by atoms with Crippen LogP contribution in [0.4, 0.5) is 11.4 Å². The van der Waals surface area contributed by atoms with Gasteiger partial charge in [-0.25, -0.2) is 0 Å². The normalized spacial score (nSPS) is 28.1. The molecule has 0 bridgehead atoms. The van der Waals surface area contributed by atoms with E-state index in [4.69, 9.17) is 9.84 Å². The highest BCUT2D eigenvalue weighted by molar-refractivity contribution is 5.81. The van der Waals surface area contributed by atoms with E-state index in [0.717, 1.165) is 51.3 Å². The summed E-state index contributed by atoms with van der Waals surface area (Å²) >= 11 is 0. The summed E-state index contributed by atoms with van der Waals surface area (Å²) in [5.41, 5.74) is 2.07. The molecule has 4 heterocycles. The van der Waals surface area contributed by atoms with Crippen molar-refractivity contribution in [2.75, 3.05) is 49.3 Å². The zero-order valence-corrected chi connectivity index (χ0v) is 20.2. The van der Waals surface area contributed by atoms with Gasteiger partial charge in [0.05, 0.1) is 17.3 Å². The van der Waals surface area contributed by atoms with Gasteiger partial charge in [0.25, 0.3) is 0 Å². The first-order valence-electron chi connectivity index (χ1n) is 13.3. The maximum Gasteiger partial charge on any atom is 0.225 e. The van der Waals surface area contributed by atoms with Gasteiger partial charge in [-0.1, -0.05) is 6.07 Å². The van der Waals surface area contributed by atoms with E-state index in [1.54, 1.807) is 0 Å². The summed E-state index contributed by atoms with van der Waals surface area (Å²) in [5, 5.41) is 18.2. The van der Waals surface area contributed by atoms with E-state index < -0.39 is 5.60 Å². The number of carbonyl (C=O) groups is 1. The van der Waals surface area contributed by atoms with Crippen LogP contribution >= 0.6 is 0 Å². The fourth-order valence-electron chi connectivity index (χ4n) is 6.47. The molecule has 1 unspecified atom stereocenters. The third-order valence-corrected chi connectivity index (χ3v) is 8.93. The SMILES string of the molecule is O=C(C1CC1)N1CCC(O)(CC2CC=NN2c2cccc(N3CCC4(CCOCC4)C3)c2)CC1. The average Bonchev–Trinajstić information content (AvgIpc) is 3.49. The molecule has 1 saturated carbocycles. The molecule has 1 aromatic carbocycles. The van der Waals surface area contributed by atoms with Gasteiger partial charge >= 0.3 is 0 Å². The van der Waals surface area contributed by atoms with Crippen LogP contribution in [0.2, 0.25) is 0 Å². The Hall–Kier alpha value is -2.12. The Morgan fingerprint density at radius 1 is 1.06 bits per heavy atom. The number of nitrogens with zero attached hydrogens (tertiary/aromatic N) is 4. The molecule has 1 spiro atoms. The second kappa shape index (κ2) is 8.83. The van der Waals surface area contributed by atoms with Crippen molar-refractivity contribution in [1.82, 2.24) is 4.90 Å². The number of rotatable bonds is 5. The summed E-state index contributed by atoms with van der Waals surface area (Å²) in [6.07, 6.45) is 10.5. The Morgan fingerprint density at radius 3 is 2.59 bits per heavy atom. The van der Waals surface area contributed by atoms with Crippen LogP contribution in [0.25, 0.3) is 0 Å². The van der Waals surface area contributed by atoms with Crippen LogP contribution in [-0.4, -0.2) is 73.2 Å². The van der Waals surface area contributed by atoms with Crippen molar-refractivity contribution in [2.24, 2.45) is 16.4 Å². The van der Waals surface area contributed by atoms with Crippen LogP contribution in [0.3, 0.4) is 0 Å². The van der Waals surface area contributed by atoms with E-state index in [2.05, 4.69) is 34.2 Å². The number of ether oxygens (including phenoxy) is 1. The third-order valence-electron chi connectivity index (χ3n) is 8.93. The second-order valence-corrected chi connectivity index (χ2v) is 11.4. The largest absolute Gasteiger partial charge is 0.390 e. The molecule has 1 atom stereocenters. The highest BCUT2D eigenvalue weighted by Crippen LogP contribution is 2.42. The van der Waals surface area contributed by atoms with E-state index in [-0.39, 0.29) is 12.0 Å². The summed E-state index contributed by atoms with van der Waals surface area (Å²) in [5.74, 6) is 0.559. The molecule has 34 heavy (non-hydrogen) atoms. The lowest BCUT2D eigenvalue weighted by atomic mass is 9.80. The summed E-state index contributed by atoms with van der Waals surface area (Å²) in [6, 6.07) is 8.93. The average molecular weight is 467 g/mol. The third kappa shape index (κ3) is 4.44. The summed E-state index contributed by atoms with van der Waals surface area (Å²) in [7, 11) is 0. The minimum atomic E-state index is -0.723. The Morgan fingerprint density at radius 2 is 1.82 bits per heavy atom. The maximum atomic E-state index is 12.4. The minimum Gasteiger partial charge on any atom is -0.390 e. The molecule has 7 heteroatoms. The van der Waals surface area contributed by atoms with Gasteiger partial charge in [0, 0.05) is 63.6 Å². The van der Waals surface area contributed by atoms with Crippen molar-refractivity contribution in [2.45, 2.75) is 69.4 Å². The predicted octanol–water partition coefficient (Wildman–Crippen LogP) is 3.41. The number of hydrogen-bond acceptors (Lipinski definition) is 6. The fourth-order valence-corrected chi connectivity index (χ4v) is 6.47. The number of hydrogen-bond donors (Lipinski definition) is 1. The maximum absolute atomic E-state index is 12.4. The van der Waals surface area contributed by atoms with Crippen molar-refractivity contribution in [1.29, 1.82) is 0 Å². The highest BCUT2D eigenvalue weighted by Gasteiger charge is 2.42. The molecule has 1 N–H and O–H groups in total. The summed E-state index contributed by atoms with van der Waals surface area (Å²) in [6.45, 7) is 5.36. The lowest BCUT2D eigenvalue weighted by Gasteiger charge is -2.40. The molecule has 1 aliphatic carbocycles. The Balaban J connectivity index is 1.10. The number of carbonyl (C=O) groups excluding carboxylic acids is 1. The lowest BCUT2D eigenvalue weighted by Crippen LogP contribution is -2.49. The van der Waals surface area contributed by atoms with Crippen LogP contribution in [-0.2, 0) is 9.53 Å². The summed E-state index contributed by atoms with van der Waals surface area (Å²) in [4.78, 5) is 16.9. The minimum absolute atomic E-state index is 0.159. The van der Waals surface area contributed by atoms with Gasteiger partial charge in [-0.05, 0) is 75.0 Å². The Kier molecular flexibility index (Phi) is 5.80. The number of likely N-dealkylation sites (tertiary alicyclic amines) is 1. The zero-order valence-electron chi connectivity index (χ0n) is 20.2. The molecule has 1 amide bonds. The quantitative estimate of drug-likeness (QED) is 0.720. The van der Waals surface area contributed by atoms with Crippen LogP contribution in [0, 0.1) is 11.3 Å². The number of aliphatic hydroxyl groups is 1. The molecule has 184 valence electrons. The van der Waals surface area contributed by atoms with Crippen LogP contribution in [0.5, 0.6) is 0 Å². The molecule has 0 aromatic heterocycles. The number of amides is 1. The Labute approximate surface area is 202 Å². The topological polar surface area (TPSA) is 68.6 Å². The molecule has 5 aliphatic rings. The Bertz CT molecular complexity index is 932. The van der Waals surface area contributed by atoms with Crippen molar-refractivity contribution in [3.05, 3.63) is 24.3 Å². The number of piperidine rings is 1. The fraction of sp³-hybridized carbons (Fsp3) is 0.704. The second-order valence-electron chi connectivity index (χ2n) is 11.4. The van der Waals surface area contributed by atoms with Crippen molar-refractivity contribution in [3.8, 4) is 0 Å². The van der Waals surface area contributed by atoms with Gasteiger partial charge in [-0.3, -0.25) is 9.80 Å². The van der Waals surface area contributed by atoms with Crippen LogP contribution in [0.1, 0.15) is 57.8 Å². The van der Waals surface area contributed by atoms with Crippen molar-refractivity contribution >= 4 is 23.5 Å². The molecule has 4 aliphatic heterocycles. The smallest absolute Gasteiger partial charge is 0.225 e. The molecule has 7 nitrogen and oxygen atoms in total. The molecule has 6 rings (SSSR count). The standard InChI is InChI=1S/C27H38N4O3/c32-25(21-4-5-21)29-14-8-27(33,9-15-29)19-24-6-12-28-31(24)23-3-1-2-22(18-23)30-13-7-26(20-30)10-16-34-17-11-26/h1-3,12,18,21,24,33H,4-11,13-17,19-20H2. The summed E-state index contributed by atoms with van der Waals surface area (Å²) < 4.78 is 5.62. The van der Waals surface area contributed by atoms with Crippen molar-refractivity contribution < 1.29 is 14.6 Å². The molecule has 1 aromatic rings. The molecular formula is C27H38N4O3. The van der Waals surface area contributed by atoms with Crippen LogP contribution in [0.15, 0.2) is 29.4 Å². The van der Waals surface area contributed by atoms with Gasteiger partial charge in [0.1, 0.15) is 0 Å². The van der Waals surface area contributed by atoms with E-state index in [1.165, 1.54) is 24.9 Å². The first-order chi connectivity index (χ1) is 16.5. The van der Waals surface area contributed by atoms with E-state index >= 15 is 0 Å². The van der Waals surface area contributed by atoms with Gasteiger partial charge < -0.3 is 19.6 Å². The molecule has 3 saturated heterocycles. The predicted molar refractivity (Wildman–Crippen MR) is 133 cm³/mol. The molecule has 4 fully saturated rings. The van der Waals surface area contributed by atoms with Gasteiger partial charge in [-0.15, -0.1) is 0 Å². The van der Waals surface area contributed by atoms with Gasteiger partial charge in [-0.2, -0.15) is 5.10 Å². The first kappa shape index (κ1) is 22.4. The van der Waals surface area contributed by atoms with Crippen molar-refractivity contribution in [3.63, 3.8) is 0 Å². The monoisotopic (exact) mass is 466 g/mol. The zero-order chi connectivity index (χ0) is 23.2. The lowest BCUT2D eigenvalue weighted by molar-refractivity contribution is -0.137. The van der Waals surface area contributed by atoms with Gasteiger partial charge in [0.2, 0.25) is 5.91 Å².